The molecule has 1 atom stereocenters. The van der Waals surface area contributed by atoms with Crippen LogP contribution < -0.4 is 15.5 Å². The monoisotopic (exact) mass is 358 g/mol. The highest BCUT2D eigenvalue weighted by molar-refractivity contribution is 5.96. The van der Waals surface area contributed by atoms with E-state index < -0.39 is 0 Å². The van der Waals surface area contributed by atoms with Gasteiger partial charge in [0.2, 0.25) is 5.91 Å². The molecule has 2 heterocycles. The SMILES string of the molecule is O=C(NCCCN1CCCCCC1)N[C@H]1CC(=O)N(c2ccccc2)C1. The first-order valence-corrected chi connectivity index (χ1v) is 9.84. The molecule has 3 amide bonds. The van der Waals surface area contributed by atoms with Crippen LogP contribution in [-0.2, 0) is 4.79 Å². The summed E-state index contributed by atoms with van der Waals surface area (Å²) in [5.74, 6) is 0.0580. The van der Waals surface area contributed by atoms with Crippen LogP contribution in [0.2, 0.25) is 0 Å². The van der Waals surface area contributed by atoms with Crippen molar-refractivity contribution in [1.29, 1.82) is 0 Å². The van der Waals surface area contributed by atoms with Crippen LogP contribution in [0, 0.1) is 0 Å². The molecule has 142 valence electrons. The largest absolute Gasteiger partial charge is 0.338 e. The van der Waals surface area contributed by atoms with E-state index in [4.69, 9.17) is 0 Å². The van der Waals surface area contributed by atoms with E-state index >= 15 is 0 Å². The molecule has 3 rings (SSSR count). The lowest BCUT2D eigenvalue weighted by Crippen LogP contribution is -2.44. The molecule has 2 aliphatic rings. The molecule has 6 heteroatoms. The number of nitrogens with zero attached hydrogens (tertiary/aromatic N) is 2. The Hall–Kier alpha value is -2.08. The van der Waals surface area contributed by atoms with Crippen LogP contribution in [0.15, 0.2) is 30.3 Å². The van der Waals surface area contributed by atoms with Gasteiger partial charge in [0.1, 0.15) is 0 Å². The number of carbonyl (C=O) groups is 2. The molecule has 2 aliphatic heterocycles. The highest BCUT2D eigenvalue weighted by Gasteiger charge is 2.31. The molecule has 0 aliphatic carbocycles. The zero-order chi connectivity index (χ0) is 18.2. The predicted octanol–water partition coefficient (Wildman–Crippen LogP) is 2.36. The summed E-state index contributed by atoms with van der Waals surface area (Å²) in [5, 5.41) is 5.86. The topological polar surface area (TPSA) is 64.7 Å². The molecule has 6 nitrogen and oxygen atoms in total. The first kappa shape index (κ1) is 18.7. The van der Waals surface area contributed by atoms with Crippen molar-refractivity contribution in [2.75, 3.05) is 37.6 Å². The first-order chi connectivity index (χ1) is 12.7. The Labute approximate surface area is 155 Å². The van der Waals surface area contributed by atoms with E-state index in [1.807, 2.05) is 30.3 Å². The fourth-order valence-electron chi connectivity index (χ4n) is 3.76. The van der Waals surface area contributed by atoms with Gasteiger partial charge in [0.15, 0.2) is 0 Å². The van der Waals surface area contributed by atoms with Crippen molar-refractivity contribution in [2.45, 2.75) is 44.6 Å². The summed E-state index contributed by atoms with van der Waals surface area (Å²) in [6.07, 6.45) is 6.60. The molecule has 1 aromatic carbocycles. The smallest absolute Gasteiger partial charge is 0.315 e. The van der Waals surface area contributed by atoms with Gasteiger partial charge >= 0.3 is 6.03 Å². The van der Waals surface area contributed by atoms with Gasteiger partial charge in [0.25, 0.3) is 0 Å². The summed E-state index contributed by atoms with van der Waals surface area (Å²) in [5.41, 5.74) is 0.889. The number of para-hydroxylation sites is 1. The lowest BCUT2D eigenvalue weighted by atomic mass is 10.2. The van der Waals surface area contributed by atoms with Crippen LogP contribution in [0.5, 0.6) is 0 Å². The van der Waals surface area contributed by atoms with Crippen molar-refractivity contribution < 1.29 is 9.59 Å². The van der Waals surface area contributed by atoms with Gasteiger partial charge in [0.05, 0.1) is 6.04 Å². The van der Waals surface area contributed by atoms with E-state index in [2.05, 4.69) is 15.5 Å². The Balaban J connectivity index is 1.34. The van der Waals surface area contributed by atoms with Gasteiger partial charge in [-0.2, -0.15) is 0 Å². The molecule has 2 N–H and O–H groups in total. The second kappa shape index (κ2) is 9.57. The number of carbonyl (C=O) groups excluding carboxylic acids is 2. The number of benzene rings is 1. The van der Waals surface area contributed by atoms with Gasteiger partial charge in [-0.25, -0.2) is 4.79 Å². The molecule has 2 saturated heterocycles. The Bertz CT molecular complexity index is 585. The molecule has 0 bridgehead atoms. The van der Waals surface area contributed by atoms with Gasteiger partial charge < -0.3 is 20.4 Å². The van der Waals surface area contributed by atoms with E-state index in [0.29, 0.717) is 19.5 Å². The van der Waals surface area contributed by atoms with Crippen LogP contribution in [0.4, 0.5) is 10.5 Å². The standard InChI is InChI=1S/C20H30N4O2/c25-19-15-17(16-24(19)18-9-4-3-5-10-18)22-20(26)21-11-8-14-23-12-6-1-2-7-13-23/h3-5,9-10,17H,1-2,6-8,11-16H2,(H2,21,22,26)/t17-/m0/s1. The summed E-state index contributed by atoms with van der Waals surface area (Å²) in [6.45, 7) is 4.62. The third kappa shape index (κ3) is 5.46. The normalized spacial score (nSPS) is 21.5. The third-order valence-electron chi connectivity index (χ3n) is 5.16. The number of hydrogen-bond donors (Lipinski definition) is 2. The van der Waals surface area contributed by atoms with Gasteiger partial charge in [0, 0.05) is 25.2 Å². The highest BCUT2D eigenvalue weighted by Crippen LogP contribution is 2.20. The number of rotatable bonds is 6. The van der Waals surface area contributed by atoms with E-state index in [1.165, 1.54) is 38.8 Å². The summed E-state index contributed by atoms with van der Waals surface area (Å²) in [6, 6.07) is 9.30. The molecular formula is C20H30N4O2. The van der Waals surface area contributed by atoms with Crippen molar-refractivity contribution in [2.24, 2.45) is 0 Å². The van der Waals surface area contributed by atoms with Crippen molar-refractivity contribution in [3.05, 3.63) is 30.3 Å². The molecule has 0 unspecified atom stereocenters. The quantitative estimate of drug-likeness (QED) is 0.767. The maximum Gasteiger partial charge on any atom is 0.315 e. The molecule has 1 aromatic rings. The van der Waals surface area contributed by atoms with E-state index in [9.17, 15) is 9.59 Å². The van der Waals surface area contributed by atoms with Crippen molar-refractivity contribution in [1.82, 2.24) is 15.5 Å². The molecule has 0 aromatic heterocycles. The van der Waals surface area contributed by atoms with E-state index in [1.54, 1.807) is 4.90 Å². The minimum Gasteiger partial charge on any atom is -0.338 e. The number of nitrogens with one attached hydrogen (secondary N) is 2. The van der Waals surface area contributed by atoms with Gasteiger partial charge in [-0.3, -0.25) is 4.79 Å². The van der Waals surface area contributed by atoms with Crippen LogP contribution >= 0.6 is 0 Å². The Morgan fingerprint density at radius 2 is 1.81 bits per heavy atom. The summed E-state index contributed by atoms with van der Waals surface area (Å²) < 4.78 is 0. The third-order valence-corrected chi connectivity index (χ3v) is 5.16. The average molecular weight is 358 g/mol. The van der Waals surface area contributed by atoms with E-state index in [-0.39, 0.29) is 18.0 Å². The van der Waals surface area contributed by atoms with E-state index in [0.717, 1.165) is 18.7 Å². The second-order valence-electron chi connectivity index (χ2n) is 7.25. The van der Waals surface area contributed by atoms with Crippen LogP contribution in [0.3, 0.4) is 0 Å². The van der Waals surface area contributed by atoms with Crippen LogP contribution in [-0.4, -0.2) is 55.6 Å². The predicted molar refractivity (Wildman–Crippen MR) is 103 cm³/mol. The Morgan fingerprint density at radius 1 is 1.08 bits per heavy atom. The minimum atomic E-state index is -0.173. The lowest BCUT2D eigenvalue weighted by molar-refractivity contribution is -0.117. The van der Waals surface area contributed by atoms with Gasteiger partial charge in [-0.05, 0) is 51.0 Å². The van der Waals surface area contributed by atoms with Crippen molar-refractivity contribution in [3.63, 3.8) is 0 Å². The zero-order valence-electron chi connectivity index (χ0n) is 15.5. The van der Waals surface area contributed by atoms with Crippen LogP contribution in [0.25, 0.3) is 0 Å². The maximum absolute atomic E-state index is 12.2. The number of likely N-dealkylation sites (tertiary alicyclic amines) is 1. The second-order valence-corrected chi connectivity index (χ2v) is 7.25. The number of amides is 3. The first-order valence-electron chi connectivity index (χ1n) is 9.84. The summed E-state index contributed by atoms with van der Waals surface area (Å²) >= 11 is 0. The summed E-state index contributed by atoms with van der Waals surface area (Å²) in [4.78, 5) is 28.5. The molecule has 2 fully saturated rings. The van der Waals surface area contributed by atoms with Crippen LogP contribution in [0.1, 0.15) is 38.5 Å². The molecular weight excluding hydrogens is 328 g/mol. The number of anilines is 1. The van der Waals surface area contributed by atoms with Gasteiger partial charge in [-0.15, -0.1) is 0 Å². The Morgan fingerprint density at radius 3 is 2.54 bits per heavy atom. The fourth-order valence-corrected chi connectivity index (χ4v) is 3.76. The summed E-state index contributed by atoms with van der Waals surface area (Å²) in [7, 11) is 0. The van der Waals surface area contributed by atoms with Crippen molar-refractivity contribution >= 4 is 17.6 Å². The van der Waals surface area contributed by atoms with Crippen molar-refractivity contribution in [3.8, 4) is 0 Å². The molecule has 0 radical (unpaired) electrons. The number of hydrogen-bond acceptors (Lipinski definition) is 3. The molecule has 0 saturated carbocycles. The van der Waals surface area contributed by atoms with Gasteiger partial charge in [-0.1, -0.05) is 31.0 Å². The highest BCUT2D eigenvalue weighted by atomic mass is 16.2. The number of urea groups is 1. The Kier molecular flexibility index (Phi) is 6.89. The maximum atomic E-state index is 12.2. The molecule has 0 spiro atoms. The fraction of sp³-hybridized carbons (Fsp3) is 0.600. The molecule has 26 heavy (non-hydrogen) atoms. The lowest BCUT2D eigenvalue weighted by Gasteiger charge is -2.20. The average Bonchev–Trinajstić information content (AvgIpc) is 2.84. The zero-order valence-corrected chi connectivity index (χ0v) is 15.5. The minimum absolute atomic E-state index is 0.0580.